The SMILES string of the molecule is CC(N)C1CCCN(C(=O)c2cccc(S(=O)(=O)NC3CC3)c2)C1. The number of likely N-dealkylation sites (tertiary alicyclic amines) is 1. The molecule has 132 valence electrons. The monoisotopic (exact) mass is 351 g/mol. The Morgan fingerprint density at radius 2 is 2.08 bits per heavy atom. The van der Waals surface area contributed by atoms with Crippen LogP contribution in [-0.4, -0.2) is 44.4 Å². The molecule has 1 saturated carbocycles. The van der Waals surface area contributed by atoms with Crippen molar-refractivity contribution < 1.29 is 13.2 Å². The highest BCUT2D eigenvalue weighted by molar-refractivity contribution is 7.89. The van der Waals surface area contributed by atoms with Gasteiger partial charge in [0.2, 0.25) is 10.0 Å². The zero-order valence-corrected chi connectivity index (χ0v) is 14.8. The van der Waals surface area contributed by atoms with Crippen molar-refractivity contribution in [2.45, 2.75) is 49.6 Å². The molecule has 3 N–H and O–H groups in total. The van der Waals surface area contributed by atoms with Gasteiger partial charge in [0.25, 0.3) is 5.91 Å². The summed E-state index contributed by atoms with van der Waals surface area (Å²) < 4.78 is 27.3. The molecule has 2 fully saturated rings. The Bertz CT molecular complexity index is 714. The molecule has 0 radical (unpaired) electrons. The van der Waals surface area contributed by atoms with Crippen molar-refractivity contribution in [3.8, 4) is 0 Å². The highest BCUT2D eigenvalue weighted by atomic mass is 32.2. The Morgan fingerprint density at radius 3 is 2.75 bits per heavy atom. The van der Waals surface area contributed by atoms with E-state index in [0.29, 0.717) is 24.6 Å². The van der Waals surface area contributed by atoms with E-state index in [0.717, 1.165) is 25.7 Å². The summed E-state index contributed by atoms with van der Waals surface area (Å²) in [6.45, 7) is 3.29. The number of amides is 1. The van der Waals surface area contributed by atoms with Crippen molar-refractivity contribution in [2.75, 3.05) is 13.1 Å². The maximum atomic E-state index is 12.8. The average molecular weight is 351 g/mol. The maximum absolute atomic E-state index is 12.8. The molecule has 1 aromatic carbocycles. The molecule has 0 spiro atoms. The van der Waals surface area contributed by atoms with Crippen LogP contribution >= 0.6 is 0 Å². The van der Waals surface area contributed by atoms with E-state index in [1.54, 1.807) is 17.0 Å². The van der Waals surface area contributed by atoms with Gasteiger partial charge in [-0.25, -0.2) is 13.1 Å². The number of carbonyl (C=O) groups is 1. The first kappa shape index (κ1) is 17.4. The Labute approximate surface area is 143 Å². The molecule has 1 aromatic rings. The third kappa shape index (κ3) is 3.96. The van der Waals surface area contributed by atoms with E-state index in [2.05, 4.69) is 4.72 Å². The fraction of sp³-hybridized carbons (Fsp3) is 0.588. The topological polar surface area (TPSA) is 92.5 Å². The molecular weight excluding hydrogens is 326 g/mol. The number of benzene rings is 1. The molecule has 2 atom stereocenters. The van der Waals surface area contributed by atoms with Crippen molar-refractivity contribution in [1.29, 1.82) is 0 Å². The largest absolute Gasteiger partial charge is 0.338 e. The smallest absolute Gasteiger partial charge is 0.253 e. The number of hydrogen-bond donors (Lipinski definition) is 2. The molecule has 1 amide bonds. The second-order valence-electron chi connectivity index (χ2n) is 6.94. The average Bonchev–Trinajstić information content (AvgIpc) is 3.37. The second-order valence-corrected chi connectivity index (χ2v) is 8.65. The second kappa shape index (κ2) is 6.82. The molecule has 1 aliphatic carbocycles. The van der Waals surface area contributed by atoms with E-state index in [1.165, 1.54) is 12.1 Å². The third-order valence-electron chi connectivity index (χ3n) is 4.78. The van der Waals surface area contributed by atoms with E-state index in [4.69, 9.17) is 5.73 Å². The van der Waals surface area contributed by atoms with E-state index >= 15 is 0 Å². The lowest BCUT2D eigenvalue weighted by Crippen LogP contribution is -2.45. The van der Waals surface area contributed by atoms with Crippen LogP contribution < -0.4 is 10.5 Å². The van der Waals surface area contributed by atoms with Crippen LogP contribution in [0.5, 0.6) is 0 Å². The number of nitrogens with zero attached hydrogens (tertiary/aromatic N) is 1. The van der Waals surface area contributed by atoms with Gasteiger partial charge >= 0.3 is 0 Å². The van der Waals surface area contributed by atoms with Crippen molar-refractivity contribution in [1.82, 2.24) is 9.62 Å². The molecule has 24 heavy (non-hydrogen) atoms. The first-order valence-corrected chi connectivity index (χ1v) is 10.0. The lowest BCUT2D eigenvalue weighted by molar-refractivity contribution is 0.0660. The third-order valence-corrected chi connectivity index (χ3v) is 6.30. The first-order valence-electron chi connectivity index (χ1n) is 8.54. The van der Waals surface area contributed by atoms with Crippen molar-refractivity contribution >= 4 is 15.9 Å². The van der Waals surface area contributed by atoms with Gasteiger partial charge in [-0.1, -0.05) is 6.07 Å². The van der Waals surface area contributed by atoms with Gasteiger partial charge in [0.05, 0.1) is 4.90 Å². The van der Waals surface area contributed by atoms with Crippen LogP contribution in [0, 0.1) is 5.92 Å². The maximum Gasteiger partial charge on any atom is 0.253 e. The van der Waals surface area contributed by atoms with Crippen LogP contribution in [0.15, 0.2) is 29.2 Å². The number of hydrogen-bond acceptors (Lipinski definition) is 4. The number of rotatable bonds is 5. The molecule has 1 heterocycles. The zero-order valence-electron chi connectivity index (χ0n) is 13.9. The fourth-order valence-electron chi connectivity index (χ4n) is 3.09. The van der Waals surface area contributed by atoms with Crippen molar-refractivity contribution in [3.63, 3.8) is 0 Å². The summed E-state index contributed by atoms with van der Waals surface area (Å²) >= 11 is 0. The van der Waals surface area contributed by atoms with E-state index in [9.17, 15) is 13.2 Å². The number of carbonyl (C=O) groups excluding carboxylic acids is 1. The Balaban J connectivity index is 1.76. The van der Waals surface area contributed by atoms with Crippen LogP contribution in [0.3, 0.4) is 0 Å². The van der Waals surface area contributed by atoms with Gasteiger partial charge in [0.15, 0.2) is 0 Å². The molecule has 3 rings (SSSR count). The predicted molar refractivity (Wildman–Crippen MR) is 92.1 cm³/mol. The van der Waals surface area contributed by atoms with E-state index in [1.807, 2.05) is 6.92 Å². The number of sulfonamides is 1. The highest BCUT2D eigenvalue weighted by Gasteiger charge is 2.29. The van der Waals surface area contributed by atoms with E-state index in [-0.39, 0.29) is 22.9 Å². The predicted octanol–water partition coefficient (Wildman–Crippen LogP) is 1.33. The van der Waals surface area contributed by atoms with Gasteiger partial charge in [0.1, 0.15) is 0 Å². The lowest BCUT2D eigenvalue weighted by Gasteiger charge is -2.34. The van der Waals surface area contributed by atoms with Crippen LogP contribution in [0.2, 0.25) is 0 Å². The van der Waals surface area contributed by atoms with Crippen molar-refractivity contribution in [3.05, 3.63) is 29.8 Å². The van der Waals surface area contributed by atoms with E-state index < -0.39 is 10.0 Å². The molecule has 7 heteroatoms. The number of nitrogens with one attached hydrogen (secondary N) is 1. The summed E-state index contributed by atoms with van der Waals surface area (Å²) in [4.78, 5) is 14.7. The summed E-state index contributed by atoms with van der Waals surface area (Å²) in [6, 6.07) is 6.40. The molecule has 2 unspecified atom stereocenters. The Hall–Kier alpha value is -1.44. The van der Waals surface area contributed by atoms with Crippen LogP contribution in [0.4, 0.5) is 0 Å². The quantitative estimate of drug-likeness (QED) is 0.837. The number of piperidine rings is 1. The molecule has 1 aliphatic heterocycles. The van der Waals surface area contributed by atoms with Gasteiger partial charge in [-0.05, 0) is 56.7 Å². The molecule has 1 saturated heterocycles. The van der Waals surface area contributed by atoms with Gasteiger partial charge in [0, 0.05) is 30.7 Å². The zero-order chi connectivity index (χ0) is 17.3. The molecule has 2 aliphatic rings. The lowest BCUT2D eigenvalue weighted by atomic mass is 9.92. The Kier molecular flexibility index (Phi) is 4.94. The standard InChI is InChI=1S/C17H25N3O3S/c1-12(18)14-5-3-9-20(11-14)17(21)13-4-2-6-16(10-13)24(22,23)19-15-7-8-15/h2,4,6,10,12,14-15,19H,3,5,7-9,11,18H2,1H3. The van der Waals surface area contributed by atoms with Crippen LogP contribution in [0.1, 0.15) is 43.0 Å². The first-order chi connectivity index (χ1) is 11.4. The molecular formula is C17H25N3O3S. The molecule has 0 bridgehead atoms. The summed E-state index contributed by atoms with van der Waals surface area (Å²) in [5.41, 5.74) is 6.39. The summed E-state index contributed by atoms with van der Waals surface area (Å²) in [7, 11) is -3.55. The minimum absolute atomic E-state index is 0.0447. The minimum atomic E-state index is -3.55. The normalized spacial score (nSPS) is 23.1. The van der Waals surface area contributed by atoms with Gasteiger partial charge in [-0.15, -0.1) is 0 Å². The minimum Gasteiger partial charge on any atom is -0.338 e. The van der Waals surface area contributed by atoms with Gasteiger partial charge < -0.3 is 10.6 Å². The highest BCUT2D eigenvalue weighted by Crippen LogP contribution is 2.24. The van der Waals surface area contributed by atoms with Crippen LogP contribution in [-0.2, 0) is 10.0 Å². The number of nitrogens with two attached hydrogens (primary N) is 1. The van der Waals surface area contributed by atoms with Gasteiger partial charge in [-0.2, -0.15) is 0 Å². The summed E-state index contributed by atoms with van der Waals surface area (Å²) in [6.07, 6.45) is 3.72. The fourth-order valence-corrected chi connectivity index (χ4v) is 4.44. The molecule has 6 nitrogen and oxygen atoms in total. The van der Waals surface area contributed by atoms with Crippen LogP contribution in [0.25, 0.3) is 0 Å². The Morgan fingerprint density at radius 1 is 1.33 bits per heavy atom. The van der Waals surface area contributed by atoms with Crippen molar-refractivity contribution in [2.24, 2.45) is 11.7 Å². The molecule has 0 aromatic heterocycles. The van der Waals surface area contributed by atoms with Gasteiger partial charge in [-0.3, -0.25) is 4.79 Å². The summed E-state index contributed by atoms with van der Waals surface area (Å²) in [5.74, 6) is 0.176. The summed E-state index contributed by atoms with van der Waals surface area (Å²) in [5, 5.41) is 0.